The summed E-state index contributed by atoms with van der Waals surface area (Å²) < 4.78 is 0. The van der Waals surface area contributed by atoms with Crippen LogP contribution in [0.4, 0.5) is 0 Å². The summed E-state index contributed by atoms with van der Waals surface area (Å²) in [6, 6.07) is 7.75. The van der Waals surface area contributed by atoms with Gasteiger partial charge in [0, 0.05) is 6.04 Å². The van der Waals surface area contributed by atoms with Gasteiger partial charge >= 0.3 is 0 Å². The highest BCUT2D eigenvalue weighted by molar-refractivity contribution is 5.80. The molecule has 1 amide bonds. The Balaban J connectivity index is 1.61. The van der Waals surface area contributed by atoms with E-state index in [-0.39, 0.29) is 18.4 Å². The zero-order valence-electron chi connectivity index (χ0n) is 12.2. The minimum absolute atomic E-state index is 0.0238. The van der Waals surface area contributed by atoms with E-state index in [0.29, 0.717) is 23.6 Å². The summed E-state index contributed by atoms with van der Waals surface area (Å²) in [6.45, 7) is -0.0440. The number of hydrogen-bond donors (Lipinski definition) is 3. The number of nitrogens with one attached hydrogen (secondary N) is 1. The van der Waals surface area contributed by atoms with Crippen LogP contribution in [0.25, 0.3) is 0 Å². The first-order chi connectivity index (χ1) is 10.2. The Bertz CT molecular complexity index is 499. The SMILES string of the molecule is O=C1NC2CCC(Cc3ccc(O)cc3)CC2CC1CO. The number of phenols is 1. The van der Waals surface area contributed by atoms with Gasteiger partial charge in [-0.15, -0.1) is 0 Å². The molecular formula is C17H23NO3. The maximum Gasteiger partial charge on any atom is 0.225 e. The molecule has 0 bridgehead atoms. The van der Waals surface area contributed by atoms with Crippen LogP contribution in [0, 0.1) is 17.8 Å². The highest BCUT2D eigenvalue weighted by Gasteiger charge is 2.38. The van der Waals surface area contributed by atoms with E-state index in [1.807, 2.05) is 12.1 Å². The van der Waals surface area contributed by atoms with Crippen LogP contribution in [-0.4, -0.2) is 28.8 Å². The van der Waals surface area contributed by atoms with Crippen molar-refractivity contribution in [3.05, 3.63) is 29.8 Å². The predicted molar refractivity (Wildman–Crippen MR) is 79.8 cm³/mol. The highest BCUT2D eigenvalue weighted by atomic mass is 16.3. The Morgan fingerprint density at radius 1 is 1.14 bits per heavy atom. The van der Waals surface area contributed by atoms with Crippen molar-refractivity contribution in [1.82, 2.24) is 5.32 Å². The van der Waals surface area contributed by atoms with Crippen LogP contribution < -0.4 is 5.32 Å². The number of carbonyl (C=O) groups excluding carboxylic acids is 1. The van der Waals surface area contributed by atoms with Crippen molar-refractivity contribution >= 4 is 5.91 Å². The van der Waals surface area contributed by atoms with Crippen molar-refractivity contribution in [2.24, 2.45) is 17.8 Å². The van der Waals surface area contributed by atoms with Gasteiger partial charge in [-0.1, -0.05) is 12.1 Å². The molecule has 2 aliphatic rings. The van der Waals surface area contributed by atoms with E-state index in [1.54, 1.807) is 12.1 Å². The van der Waals surface area contributed by atoms with Gasteiger partial charge in [-0.05, 0) is 61.6 Å². The molecule has 3 N–H and O–H groups in total. The zero-order chi connectivity index (χ0) is 14.8. The molecule has 1 aromatic carbocycles. The molecule has 1 aliphatic carbocycles. The lowest BCUT2D eigenvalue weighted by molar-refractivity contribution is -0.131. The Morgan fingerprint density at radius 3 is 2.62 bits per heavy atom. The molecule has 3 rings (SSSR count). The molecule has 21 heavy (non-hydrogen) atoms. The van der Waals surface area contributed by atoms with E-state index in [4.69, 9.17) is 0 Å². The van der Waals surface area contributed by atoms with Crippen molar-refractivity contribution in [3.63, 3.8) is 0 Å². The highest BCUT2D eigenvalue weighted by Crippen LogP contribution is 2.37. The average Bonchev–Trinajstić information content (AvgIpc) is 2.49. The van der Waals surface area contributed by atoms with Crippen LogP contribution in [0.1, 0.15) is 31.2 Å². The van der Waals surface area contributed by atoms with Crippen LogP contribution in [0.5, 0.6) is 5.75 Å². The summed E-state index contributed by atoms with van der Waals surface area (Å²) in [6.07, 6.45) is 5.13. The molecule has 1 aromatic rings. The fourth-order valence-corrected chi connectivity index (χ4v) is 3.89. The van der Waals surface area contributed by atoms with Crippen molar-refractivity contribution in [3.8, 4) is 5.75 Å². The number of aromatic hydroxyl groups is 1. The fourth-order valence-electron chi connectivity index (χ4n) is 3.89. The summed E-state index contributed by atoms with van der Waals surface area (Å²) in [5.74, 6) is 1.23. The second kappa shape index (κ2) is 6.06. The van der Waals surface area contributed by atoms with E-state index in [9.17, 15) is 15.0 Å². The molecule has 114 valence electrons. The first-order valence-corrected chi connectivity index (χ1v) is 7.85. The summed E-state index contributed by atoms with van der Waals surface area (Å²) in [4.78, 5) is 11.8. The molecule has 1 saturated carbocycles. The van der Waals surface area contributed by atoms with E-state index in [0.717, 1.165) is 32.1 Å². The molecule has 1 heterocycles. The number of fused-ring (bicyclic) bond motifs is 1. The van der Waals surface area contributed by atoms with Crippen molar-refractivity contribution in [1.29, 1.82) is 0 Å². The Labute approximate surface area is 125 Å². The lowest BCUT2D eigenvalue weighted by Gasteiger charge is -2.42. The zero-order valence-corrected chi connectivity index (χ0v) is 12.2. The van der Waals surface area contributed by atoms with Crippen LogP contribution in [0.2, 0.25) is 0 Å². The summed E-state index contributed by atoms with van der Waals surface area (Å²) in [5.41, 5.74) is 1.26. The molecule has 4 heteroatoms. The number of aliphatic hydroxyl groups excluding tert-OH is 1. The lowest BCUT2D eigenvalue weighted by Crippen LogP contribution is -2.52. The summed E-state index contributed by atoms with van der Waals surface area (Å²) in [7, 11) is 0. The van der Waals surface area contributed by atoms with Crippen LogP contribution in [0.15, 0.2) is 24.3 Å². The smallest absolute Gasteiger partial charge is 0.225 e. The molecule has 4 nitrogen and oxygen atoms in total. The van der Waals surface area contributed by atoms with Gasteiger partial charge in [0.25, 0.3) is 0 Å². The maximum absolute atomic E-state index is 11.8. The normalized spacial score (nSPS) is 32.3. The largest absolute Gasteiger partial charge is 0.508 e. The van der Waals surface area contributed by atoms with E-state index in [2.05, 4.69) is 5.32 Å². The number of piperidine rings is 1. The predicted octanol–water partition coefficient (Wildman–Crippen LogP) is 1.85. The number of hydrogen-bond acceptors (Lipinski definition) is 3. The lowest BCUT2D eigenvalue weighted by atomic mass is 9.70. The van der Waals surface area contributed by atoms with Gasteiger partial charge in [-0.3, -0.25) is 4.79 Å². The molecule has 0 radical (unpaired) electrons. The summed E-state index contributed by atoms with van der Waals surface area (Å²) >= 11 is 0. The van der Waals surface area contributed by atoms with Crippen molar-refractivity contribution < 1.29 is 15.0 Å². The quantitative estimate of drug-likeness (QED) is 0.795. The van der Waals surface area contributed by atoms with Gasteiger partial charge in [-0.2, -0.15) is 0 Å². The second-order valence-corrected chi connectivity index (χ2v) is 6.54. The van der Waals surface area contributed by atoms with Crippen LogP contribution in [0.3, 0.4) is 0 Å². The molecule has 1 aliphatic heterocycles. The van der Waals surface area contributed by atoms with Gasteiger partial charge in [0.15, 0.2) is 0 Å². The van der Waals surface area contributed by atoms with Gasteiger partial charge < -0.3 is 15.5 Å². The van der Waals surface area contributed by atoms with E-state index >= 15 is 0 Å². The summed E-state index contributed by atoms with van der Waals surface area (Å²) in [5, 5.41) is 21.7. The first kappa shape index (κ1) is 14.4. The number of benzene rings is 1. The maximum atomic E-state index is 11.8. The van der Waals surface area contributed by atoms with Gasteiger partial charge in [-0.25, -0.2) is 0 Å². The van der Waals surface area contributed by atoms with E-state index in [1.165, 1.54) is 5.56 Å². The Hall–Kier alpha value is -1.55. The third kappa shape index (κ3) is 3.21. The second-order valence-electron chi connectivity index (χ2n) is 6.54. The molecule has 4 atom stereocenters. The molecule has 0 aromatic heterocycles. The van der Waals surface area contributed by atoms with Gasteiger partial charge in [0.1, 0.15) is 5.75 Å². The molecule has 4 unspecified atom stereocenters. The van der Waals surface area contributed by atoms with Gasteiger partial charge in [0.05, 0.1) is 12.5 Å². The fraction of sp³-hybridized carbons (Fsp3) is 0.588. The van der Waals surface area contributed by atoms with E-state index < -0.39 is 0 Å². The van der Waals surface area contributed by atoms with Crippen LogP contribution >= 0.6 is 0 Å². The third-order valence-electron chi connectivity index (χ3n) is 5.06. The number of amides is 1. The minimum atomic E-state index is -0.223. The number of aliphatic hydroxyl groups is 1. The average molecular weight is 289 g/mol. The monoisotopic (exact) mass is 289 g/mol. The number of phenolic OH excluding ortho intramolecular Hbond substituents is 1. The van der Waals surface area contributed by atoms with Crippen molar-refractivity contribution in [2.45, 2.75) is 38.1 Å². The van der Waals surface area contributed by atoms with Crippen LogP contribution in [-0.2, 0) is 11.2 Å². The molecular weight excluding hydrogens is 266 g/mol. The Morgan fingerprint density at radius 2 is 1.90 bits per heavy atom. The Kier molecular flexibility index (Phi) is 4.15. The standard InChI is InChI=1S/C17H23NO3/c19-10-14-9-13-8-12(3-6-16(13)18-17(14)21)7-11-1-4-15(20)5-2-11/h1-2,4-5,12-14,16,19-20H,3,6-10H2,(H,18,21). The number of rotatable bonds is 3. The topological polar surface area (TPSA) is 69.6 Å². The molecule has 1 saturated heterocycles. The number of carbonyl (C=O) groups is 1. The first-order valence-electron chi connectivity index (χ1n) is 7.85. The minimum Gasteiger partial charge on any atom is -0.508 e. The molecule has 2 fully saturated rings. The van der Waals surface area contributed by atoms with Crippen molar-refractivity contribution in [2.75, 3.05) is 6.61 Å². The molecule has 0 spiro atoms. The third-order valence-corrected chi connectivity index (χ3v) is 5.06. The van der Waals surface area contributed by atoms with Gasteiger partial charge in [0.2, 0.25) is 5.91 Å².